The minimum atomic E-state index is -0.169. The molecule has 0 aromatic heterocycles. The van der Waals surface area contributed by atoms with Crippen LogP contribution < -0.4 is 5.32 Å². The fourth-order valence-corrected chi connectivity index (χ4v) is 2.37. The molecule has 112 valence electrons. The van der Waals surface area contributed by atoms with Crippen LogP contribution >= 0.6 is 0 Å². The highest BCUT2D eigenvalue weighted by molar-refractivity contribution is 6.24. The monoisotopic (exact) mass is 301 g/mol. The molecule has 0 saturated heterocycles. The molecule has 0 aliphatic heterocycles. The fraction of sp³-hybridized carbons (Fsp3) is 0.100. The van der Waals surface area contributed by atoms with Gasteiger partial charge in [-0.2, -0.15) is 0 Å². The van der Waals surface area contributed by atoms with Crippen LogP contribution in [0.1, 0.15) is 31.8 Å². The highest BCUT2D eigenvalue weighted by Crippen LogP contribution is 2.19. The third kappa shape index (κ3) is 3.22. The van der Waals surface area contributed by atoms with E-state index < -0.39 is 0 Å². The number of rotatable bonds is 2. The van der Waals surface area contributed by atoms with Crippen molar-refractivity contribution in [2.75, 3.05) is 6.54 Å². The van der Waals surface area contributed by atoms with Crippen LogP contribution in [0.3, 0.4) is 0 Å². The lowest BCUT2D eigenvalue weighted by molar-refractivity contribution is 0.0979. The van der Waals surface area contributed by atoms with E-state index in [0.29, 0.717) is 23.4 Å². The first-order chi connectivity index (χ1) is 11.1. The third-order valence-electron chi connectivity index (χ3n) is 3.61. The number of allylic oxidation sites excluding steroid dienone is 2. The Morgan fingerprint density at radius 2 is 1.65 bits per heavy atom. The van der Waals surface area contributed by atoms with Crippen LogP contribution in [0.4, 0.5) is 0 Å². The molecule has 0 radical (unpaired) electrons. The molecule has 3 rings (SSSR count). The lowest BCUT2D eigenvalue weighted by atomic mass is 9.93. The Labute approximate surface area is 135 Å². The van der Waals surface area contributed by atoms with Crippen molar-refractivity contribution >= 4 is 11.6 Å². The van der Waals surface area contributed by atoms with Crippen molar-refractivity contribution in [3.05, 3.63) is 82.6 Å². The number of aryl methyl sites for hydroxylation is 1. The number of carbonyl (C=O) groups is 2. The van der Waals surface area contributed by atoms with Crippen LogP contribution in [0.5, 0.6) is 0 Å². The smallest absolute Gasteiger partial charge is 0.209 e. The summed E-state index contributed by atoms with van der Waals surface area (Å²) in [7, 11) is 0. The molecule has 0 heterocycles. The van der Waals surface area contributed by atoms with Gasteiger partial charge in [-0.05, 0) is 19.1 Å². The highest BCUT2D eigenvalue weighted by Gasteiger charge is 2.24. The molecule has 0 fully saturated rings. The second-order valence-corrected chi connectivity index (χ2v) is 5.32. The molecular weight excluding hydrogens is 286 g/mol. The Balaban J connectivity index is 1.69. The van der Waals surface area contributed by atoms with Gasteiger partial charge in [0, 0.05) is 22.8 Å². The predicted molar refractivity (Wildman–Crippen MR) is 89.2 cm³/mol. The van der Waals surface area contributed by atoms with E-state index in [9.17, 15) is 9.59 Å². The van der Waals surface area contributed by atoms with Crippen molar-refractivity contribution < 1.29 is 9.59 Å². The van der Waals surface area contributed by atoms with Gasteiger partial charge >= 0.3 is 0 Å². The maximum atomic E-state index is 12.3. The molecule has 1 aliphatic rings. The minimum absolute atomic E-state index is 0.158. The molecule has 0 atom stereocenters. The van der Waals surface area contributed by atoms with Crippen LogP contribution in [0.25, 0.3) is 0 Å². The van der Waals surface area contributed by atoms with Gasteiger partial charge in [-0.25, -0.2) is 0 Å². The van der Waals surface area contributed by atoms with Gasteiger partial charge in [0.25, 0.3) is 0 Å². The first-order valence-corrected chi connectivity index (χ1v) is 7.34. The number of ketones is 2. The van der Waals surface area contributed by atoms with E-state index in [1.807, 2.05) is 31.2 Å². The van der Waals surface area contributed by atoms with Gasteiger partial charge in [-0.3, -0.25) is 9.59 Å². The average Bonchev–Trinajstić information content (AvgIpc) is 2.57. The van der Waals surface area contributed by atoms with Crippen molar-refractivity contribution in [2.24, 2.45) is 0 Å². The van der Waals surface area contributed by atoms with Crippen LogP contribution in [-0.2, 0) is 0 Å². The number of carbonyl (C=O) groups excluding carboxylic acids is 2. The van der Waals surface area contributed by atoms with Crippen LogP contribution in [0.15, 0.2) is 60.3 Å². The Hall–Kier alpha value is -3.12. The number of benzene rings is 2. The summed E-state index contributed by atoms with van der Waals surface area (Å²) in [5.41, 5.74) is 3.29. The van der Waals surface area contributed by atoms with Gasteiger partial charge in [0.15, 0.2) is 5.78 Å². The third-order valence-corrected chi connectivity index (χ3v) is 3.61. The quantitative estimate of drug-likeness (QED) is 0.868. The fourth-order valence-electron chi connectivity index (χ4n) is 2.37. The highest BCUT2D eigenvalue weighted by atomic mass is 16.1. The van der Waals surface area contributed by atoms with E-state index in [4.69, 9.17) is 0 Å². The topological polar surface area (TPSA) is 46.2 Å². The molecule has 0 saturated carbocycles. The summed E-state index contributed by atoms with van der Waals surface area (Å²) in [6, 6.07) is 14.7. The number of hydrogen-bond donors (Lipinski definition) is 1. The number of nitrogens with one attached hydrogen (secondary N) is 1. The van der Waals surface area contributed by atoms with Crippen LogP contribution in [0.2, 0.25) is 0 Å². The maximum Gasteiger partial charge on any atom is 0.209 e. The molecule has 1 aliphatic carbocycles. The zero-order valence-corrected chi connectivity index (χ0v) is 12.7. The molecule has 3 nitrogen and oxygen atoms in total. The number of fused-ring (bicyclic) bond motifs is 1. The molecule has 0 amide bonds. The Bertz CT molecular complexity index is 865. The molecule has 1 N–H and O–H groups in total. The maximum absolute atomic E-state index is 12.3. The summed E-state index contributed by atoms with van der Waals surface area (Å²) in [6.45, 7) is 2.33. The van der Waals surface area contributed by atoms with E-state index in [-0.39, 0.29) is 11.6 Å². The van der Waals surface area contributed by atoms with E-state index in [1.165, 1.54) is 11.6 Å². The molecule has 2 aromatic rings. The summed E-state index contributed by atoms with van der Waals surface area (Å²) < 4.78 is 0. The van der Waals surface area contributed by atoms with Crippen molar-refractivity contribution in [2.45, 2.75) is 6.92 Å². The minimum Gasteiger partial charge on any atom is -0.371 e. The molecule has 0 unspecified atom stereocenters. The lowest BCUT2D eigenvalue weighted by Gasteiger charge is -2.14. The van der Waals surface area contributed by atoms with Crippen molar-refractivity contribution in [3.63, 3.8) is 0 Å². The zero-order valence-electron chi connectivity index (χ0n) is 12.7. The van der Waals surface area contributed by atoms with E-state index in [0.717, 1.165) is 5.56 Å². The molecule has 2 aromatic carbocycles. The zero-order chi connectivity index (χ0) is 16.2. The number of hydrogen-bond acceptors (Lipinski definition) is 3. The van der Waals surface area contributed by atoms with Crippen LogP contribution in [0, 0.1) is 18.8 Å². The summed E-state index contributed by atoms with van der Waals surface area (Å²) in [4.78, 5) is 24.4. The summed E-state index contributed by atoms with van der Waals surface area (Å²) in [5.74, 6) is 5.66. The summed E-state index contributed by atoms with van der Waals surface area (Å²) in [5, 5.41) is 2.94. The van der Waals surface area contributed by atoms with Crippen molar-refractivity contribution in [1.82, 2.24) is 5.32 Å². The Morgan fingerprint density at radius 1 is 0.957 bits per heavy atom. The summed E-state index contributed by atoms with van der Waals surface area (Å²) in [6.07, 6.45) is 1.35. The summed E-state index contributed by atoms with van der Waals surface area (Å²) >= 11 is 0. The van der Waals surface area contributed by atoms with Gasteiger partial charge in [0.05, 0.1) is 12.2 Å². The SMILES string of the molecule is Cc1ccc(C#CCNC2=CC(=O)c3ccccc3C2=O)cc1. The molecule has 0 bridgehead atoms. The molecule has 3 heteroatoms. The van der Waals surface area contributed by atoms with Crippen LogP contribution in [-0.4, -0.2) is 18.1 Å². The predicted octanol–water partition coefficient (Wildman–Crippen LogP) is 2.90. The Morgan fingerprint density at radius 3 is 2.39 bits per heavy atom. The average molecular weight is 301 g/mol. The van der Waals surface area contributed by atoms with Gasteiger partial charge in [0.1, 0.15) is 0 Å². The van der Waals surface area contributed by atoms with Gasteiger partial charge < -0.3 is 5.32 Å². The number of Topliss-reactive ketones (excluding diaryl/α,β-unsaturated/α-hetero) is 1. The standard InChI is InChI=1S/C20H15NO2/c1-14-8-10-15(11-9-14)5-4-12-21-18-13-19(22)16-6-2-3-7-17(16)20(18)23/h2-3,6-11,13,21H,12H2,1H3. The van der Waals surface area contributed by atoms with Gasteiger partial charge in [-0.1, -0.05) is 53.8 Å². The Kier molecular flexibility index (Phi) is 4.07. The first-order valence-electron chi connectivity index (χ1n) is 7.34. The lowest BCUT2D eigenvalue weighted by Crippen LogP contribution is -2.27. The molecule has 0 spiro atoms. The van der Waals surface area contributed by atoms with E-state index >= 15 is 0 Å². The molecular formula is C20H15NO2. The second kappa shape index (κ2) is 6.33. The van der Waals surface area contributed by atoms with Gasteiger partial charge in [-0.15, -0.1) is 0 Å². The van der Waals surface area contributed by atoms with E-state index in [1.54, 1.807) is 24.3 Å². The second-order valence-electron chi connectivity index (χ2n) is 5.32. The molecule has 23 heavy (non-hydrogen) atoms. The largest absolute Gasteiger partial charge is 0.371 e. The van der Waals surface area contributed by atoms with Crippen molar-refractivity contribution in [1.29, 1.82) is 0 Å². The normalized spacial score (nSPS) is 12.8. The van der Waals surface area contributed by atoms with Crippen molar-refractivity contribution in [3.8, 4) is 11.8 Å². The van der Waals surface area contributed by atoms with E-state index in [2.05, 4.69) is 17.2 Å². The first kappa shape index (κ1) is 14.8. The van der Waals surface area contributed by atoms with Gasteiger partial charge in [0.2, 0.25) is 5.78 Å².